The van der Waals surface area contributed by atoms with Crippen molar-refractivity contribution < 1.29 is 13.9 Å². The number of aryl methyl sites for hydroxylation is 1. The van der Waals surface area contributed by atoms with E-state index in [0.717, 1.165) is 22.2 Å². The summed E-state index contributed by atoms with van der Waals surface area (Å²) in [5.74, 6) is 1.37. The number of nitrogens with zero attached hydrogens (tertiary/aromatic N) is 5. The highest BCUT2D eigenvalue weighted by Gasteiger charge is 2.30. The van der Waals surface area contributed by atoms with Crippen molar-refractivity contribution in [1.29, 1.82) is 0 Å². The van der Waals surface area contributed by atoms with Gasteiger partial charge in [0.25, 0.3) is 5.56 Å². The molecule has 12 heteroatoms. The number of anilines is 2. The minimum Gasteiger partial charge on any atom is -0.439 e. The second kappa shape index (κ2) is 11.1. The van der Waals surface area contributed by atoms with Crippen molar-refractivity contribution in [1.82, 2.24) is 29.8 Å². The number of benzene rings is 1. The summed E-state index contributed by atoms with van der Waals surface area (Å²) in [4.78, 5) is 45.9. The van der Waals surface area contributed by atoms with E-state index in [1.54, 1.807) is 18.6 Å². The lowest BCUT2D eigenvalue weighted by atomic mass is 10.0. The van der Waals surface area contributed by atoms with Gasteiger partial charge in [0.05, 0.1) is 37.7 Å². The van der Waals surface area contributed by atoms with E-state index < -0.39 is 0 Å². The first-order valence-electron chi connectivity index (χ1n) is 14.0. The smallest absolute Gasteiger partial charge is 0.279 e. The fraction of sp³-hybridized carbons (Fsp3) is 0.300. The Morgan fingerprint density at radius 3 is 2.81 bits per heavy atom. The molecule has 1 atom stereocenters. The maximum Gasteiger partial charge on any atom is 0.279 e. The van der Waals surface area contributed by atoms with Gasteiger partial charge in [-0.05, 0) is 37.1 Å². The van der Waals surface area contributed by atoms with Gasteiger partial charge in [-0.25, -0.2) is 9.97 Å². The van der Waals surface area contributed by atoms with E-state index in [-0.39, 0.29) is 24.1 Å². The van der Waals surface area contributed by atoms with Crippen LogP contribution in [0, 0.1) is 0 Å². The predicted octanol–water partition coefficient (Wildman–Crippen LogP) is 3.03. The molecule has 5 aromatic rings. The molecule has 2 aliphatic heterocycles. The largest absolute Gasteiger partial charge is 0.439 e. The number of carbonyl (C=O) groups excluding carboxylic acids is 1. The lowest BCUT2D eigenvalue weighted by Crippen LogP contribution is -2.43. The summed E-state index contributed by atoms with van der Waals surface area (Å²) in [6, 6.07) is 13.3. The Kier molecular flexibility index (Phi) is 6.88. The van der Waals surface area contributed by atoms with Crippen molar-refractivity contribution in [2.24, 2.45) is 0 Å². The number of aromatic nitrogens is 5. The van der Waals surface area contributed by atoms with Crippen LogP contribution in [0.2, 0.25) is 0 Å². The third-order valence-corrected chi connectivity index (χ3v) is 7.65. The number of oxazole rings is 1. The molecule has 0 radical (unpaired) electrons. The van der Waals surface area contributed by atoms with Gasteiger partial charge in [0, 0.05) is 47.6 Å². The maximum absolute atomic E-state index is 14.0. The van der Waals surface area contributed by atoms with Gasteiger partial charge in [-0.1, -0.05) is 18.2 Å². The van der Waals surface area contributed by atoms with Crippen LogP contribution >= 0.6 is 0 Å². The molecule has 42 heavy (non-hydrogen) atoms. The van der Waals surface area contributed by atoms with Gasteiger partial charge < -0.3 is 29.7 Å². The molecule has 214 valence electrons. The first-order chi connectivity index (χ1) is 20.6. The first kappa shape index (κ1) is 26.0. The zero-order chi connectivity index (χ0) is 28.5. The molecule has 2 aliphatic rings. The minimum absolute atomic E-state index is 0.166. The normalized spacial score (nSPS) is 16.7. The predicted molar refractivity (Wildman–Crippen MR) is 156 cm³/mol. The number of aromatic amines is 1. The van der Waals surface area contributed by atoms with Gasteiger partial charge in [0.1, 0.15) is 18.0 Å². The van der Waals surface area contributed by atoms with Gasteiger partial charge in [0.15, 0.2) is 0 Å². The molecular formula is C30H30N8O4. The standard InChI is InChI=1S/C30H30N8O4/c39-26(32-16-21-14-20-15-31-9-8-22(20)34-21)18-38-29(40)27-24(36-30(38)37-10-12-41-13-11-37)7-6-23(35-27)25-17-33-28(42-25)19-4-2-1-3-5-19/h1-5,8-9,14-15,17,23,34-35H,6-7,10-13,16,18H2,(H,32,39). The van der Waals surface area contributed by atoms with Crippen molar-refractivity contribution >= 4 is 28.4 Å². The molecule has 12 nitrogen and oxygen atoms in total. The number of nitrogens with one attached hydrogen (secondary N) is 3. The molecule has 0 aliphatic carbocycles. The summed E-state index contributed by atoms with van der Waals surface area (Å²) in [5.41, 5.74) is 3.46. The van der Waals surface area contributed by atoms with Crippen LogP contribution in [0.1, 0.15) is 29.6 Å². The summed E-state index contributed by atoms with van der Waals surface area (Å²) in [6.45, 7) is 2.37. The molecule has 1 amide bonds. The Morgan fingerprint density at radius 1 is 1.12 bits per heavy atom. The highest BCUT2D eigenvalue weighted by Crippen LogP contribution is 2.33. The second-order valence-corrected chi connectivity index (χ2v) is 10.4. The summed E-state index contributed by atoms with van der Waals surface area (Å²) < 4.78 is 13.1. The highest BCUT2D eigenvalue weighted by molar-refractivity contribution is 5.80. The monoisotopic (exact) mass is 566 g/mol. The van der Waals surface area contributed by atoms with Gasteiger partial charge in [-0.3, -0.25) is 19.1 Å². The van der Waals surface area contributed by atoms with Gasteiger partial charge in [0.2, 0.25) is 17.7 Å². The fourth-order valence-electron chi connectivity index (χ4n) is 5.48. The Balaban J connectivity index is 1.14. The molecule has 1 fully saturated rings. The number of rotatable bonds is 7. The number of hydrogen-bond acceptors (Lipinski definition) is 9. The van der Waals surface area contributed by atoms with Gasteiger partial charge in [-0.2, -0.15) is 0 Å². The number of ether oxygens (including phenoxy) is 1. The Morgan fingerprint density at radius 2 is 1.98 bits per heavy atom. The van der Waals surface area contributed by atoms with Crippen LogP contribution in [0.3, 0.4) is 0 Å². The van der Waals surface area contributed by atoms with Crippen LogP contribution in [0.4, 0.5) is 11.6 Å². The average molecular weight is 567 g/mol. The molecule has 6 heterocycles. The number of H-pyrrole nitrogens is 1. The number of carbonyl (C=O) groups is 1. The third kappa shape index (κ3) is 5.12. The zero-order valence-corrected chi connectivity index (χ0v) is 22.9. The second-order valence-electron chi connectivity index (χ2n) is 10.4. The molecule has 3 N–H and O–H groups in total. The Labute approximate surface area is 240 Å². The van der Waals surface area contributed by atoms with E-state index in [1.807, 2.05) is 47.4 Å². The summed E-state index contributed by atoms with van der Waals surface area (Å²) in [5, 5.41) is 7.25. The van der Waals surface area contributed by atoms with Crippen molar-refractivity contribution in [2.75, 3.05) is 36.5 Å². The van der Waals surface area contributed by atoms with E-state index >= 15 is 0 Å². The van der Waals surface area contributed by atoms with E-state index in [1.165, 1.54) is 4.57 Å². The summed E-state index contributed by atoms with van der Waals surface area (Å²) in [6.07, 6.45) is 6.46. The SMILES string of the molecule is O=C(Cn1c(N2CCOCC2)nc2c(c1=O)NC(c1cnc(-c3ccccc3)o1)CC2)NCc1cc2cnccc2[nH]1. The lowest BCUT2D eigenvalue weighted by Gasteiger charge is -2.32. The van der Waals surface area contributed by atoms with Crippen LogP contribution in [0.5, 0.6) is 0 Å². The summed E-state index contributed by atoms with van der Waals surface area (Å²) in [7, 11) is 0. The fourth-order valence-corrected chi connectivity index (χ4v) is 5.48. The number of pyridine rings is 1. The molecule has 1 aromatic carbocycles. The van der Waals surface area contributed by atoms with Gasteiger partial charge >= 0.3 is 0 Å². The number of amides is 1. The molecule has 1 unspecified atom stereocenters. The molecule has 0 saturated carbocycles. The van der Waals surface area contributed by atoms with Crippen molar-refractivity contribution in [3.05, 3.63) is 88.6 Å². The third-order valence-electron chi connectivity index (χ3n) is 7.65. The van der Waals surface area contributed by atoms with E-state index in [4.69, 9.17) is 14.1 Å². The summed E-state index contributed by atoms with van der Waals surface area (Å²) >= 11 is 0. The quantitative estimate of drug-likeness (QED) is 0.271. The maximum atomic E-state index is 14.0. The van der Waals surface area contributed by atoms with Crippen LogP contribution < -0.4 is 21.1 Å². The van der Waals surface area contributed by atoms with Crippen molar-refractivity contribution in [3.63, 3.8) is 0 Å². The highest BCUT2D eigenvalue weighted by atomic mass is 16.5. The van der Waals surface area contributed by atoms with E-state index in [0.29, 0.717) is 74.7 Å². The van der Waals surface area contributed by atoms with Crippen molar-refractivity contribution in [3.8, 4) is 11.5 Å². The van der Waals surface area contributed by atoms with Crippen LogP contribution in [0.15, 0.2) is 70.3 Å². The van der Waals surface area contributed by atoms with E-state index in [2.05, 4.69) is 25.6 Å². The molecule has 7 rings (SSSR count). The van der Waals surface area contributed by atoms with E-state index in [9.17, 15) is 9.59 Å². The number of hydrogen-bond donors (Lipinski definition) is 3. The topological polar surface area (TPSA) is 143 Å². The number of morpholine rings is 1. The lowest BCUT2D eigenvalue weighted by molar-refractivity contribution is -0.121. The minimum atomic E-state index is -0.291. The molecule has 0 bridgehead atoms. The van der Waals surface area contributed by atoms with Gasteiger partial charge in [-0.15, -0.1) is 0 Å². The zero-order valence-electron chi connectivity index (χ0n) is 22.9. The van der Waals surface area contributed by atoms with Crippen molar-refractivity contribution in [2.45, 2.75) is 32.0 Å². The number of fused-ring (bicyclic) bond motifs is 2. The Bertz CT molecular complexity index is 1760. The molecular weight excluding hydrogens is 536 g/mol. The molecule has 0 spiro atoms. The first-order valence-corrected chi connectivity index (χ1v) is 14.0. The average Bonchev–Trinajstić information content (AvgIpc) is 3.70. The van der Waals surface area contributed by atoms with Crippen LogP contribution in [-0.2, 0) is 29.0 Å². The Hall–Kier alpha value is -4.97. The molecule has 1 saturated heterocycles. The van der Waals surface area contributed by atoms with Crippen LogP contribution in [0.25, 0.3) is 22.4 Å². The molecule has 4 aromatic heterocycles. The van der Waals surface area contributed by atoms with Crippen LogP contribution in [-0.4, -0.2) is 56.7 Å².